The van der Waals surface area contributed by atoms with Gasteiger partial charge in [0.1, 0.15) is 0 Å². The Morgan fingerprint density at radius 3 is 2.43 bits per heavy atom. The highest BCUT2D eigenvalue weighted by atomic mass is 32.2. The lowest BCUT2D eigenvalue weighted by molar-refractivity contribution is 0.0988. The smallest absolute Gasteiger partial charge is 0.209 e. The molecule has 2 aromatic heterocycles. The number of hydrogen-bond donors (Lipinski definition) is 2. The van der Waals surface area contributed by atoms with E-state index in [2.05, 4.69) is 39.2 Å². The fourth-order valence-corrected chi connectivity index (χ4v) is 4.05. The van der Waals surface area contributed by atoms with E-state index in [1.54, 1.807) is 6.92 Å². The van der Waals surface area contributed by atoms with Crippen LogP contribution >= 0.6 is 11.8 Å². The Bertz CT molecular complexity index is 1020. The molecule has 0 radical (unpaired) electrons. The Morgan fingerprint density at radius 1 is 1.18 bits per heavy atom. The topological polar surface area (TPSA) is 91.5 Å². The first-order valence-electron chi connectivity index (χ1n) is 9.24. The van der Waals surface area contributed by atoms with Crippen molar-refractivity contribution in [2.45, 2.75) is 51.4 Å². The van der Waals surface area contributed by atoms with E-state index in [9.17, 15) is 9.59 Å². The second kappa shape index (κ2) is 8.14. The summed E-state index contributed by atoms with van der Waals surface area (Å²) in [5.74, 6) is 0.561. The van der Waals surface area contributed by atoms with E-state index in [0.29, 0.717) is 27.8 Å². The number of aromatic nitrogens is 4. The zero-order valence-corrected chi connectivity index (χ0v) is 17.5. The number of aromatic amines is 2. The standard InChI is InChI=1S/C21H24N4O2S/c1-6-15-7-9-16(10-8-15)20-23-21(25-24-20)28-14(5)19(27)18-11(2)17(13(4)26)12(3)22-18/h7-10,14,22H,6H2,1-5H3,(H,23,24,25)/t14-/m0/s1. The SMILES string of the molecule is CCc1ccc(-c2nc(S[C@@H](C)C(=O)c3[nH]c(C)c(C(C)=O)c3C)n[nH]2)cc1. The van der Waals surface area contributed by atoms with E-state index in [4.69, 9.17) is 0 Å². The average molecular weight is 397 g/mol. The monoisotopic (exact) mass is 396 g/mol. The summed E-state index contributed by atoms with van der Waals surface area (Å²) in [6.45, 7) is 9.06. The summed E-state index contributed by atoms with van der Waals surface area (Å²) in [5, 5.41) is 7.30. The molecule has 0 aliphatic heterocycles. The Balaban J connectivity index is 1.75. The molecule has 6 nitrogen and oxygen atoms in total. The highest BCUT2D eigenvalue weighted by Crippen LogP contribution is 2.27. The number of benzene rings is 1. The summed E-state index contributed by atoms with van der Waals surface area (Å²) in [7, 11) is 0. The summed E-state index contributed by atoms with van der Waals surface area (Å²) in [6, 6.07) is 8.16. The third-order valence-corrected chi connectivity index (χ3v) is 5.75. The molecular formula is C21H24N4O2S. The number of nitrogens with zero attached hydrogens (tertiary/aromatic N) is 2. The Labute approximate surface area is 168 Å². The van der Waals surface area contributed by atoms with E-state index in [0.717, 1.165) is 17.7 Å². The van der Waals surface area contributed by atoms with Crippen LogP contribution in [0.3, 0.4) is 0 Å². The average Bonchev–Trinajstić information content (AvgIpc) is 3.25. The maximum absolute atomic E-state index is 12.9. The van der Waals surface area contributed by atoms with Gasteiger partial charge in [0.05, 0.1) is 10.9 Å². The largest absolute Gasteiger partial charge is 0.355 e. The molecule has 2 N–H and O–H groups in total. The van der Waals surface area contributed by atoms with Crippen LogP contribution in [0.15, 0.2) is 29.4 Å². The molecule has 0 fully saturated rings. The van der Waals surface area contributed by atoms with Crippen LogP contribution < -0.4 is 0 Å². The van der Waals surface area contributed by atoms with Crippen molar-refractivity contribution in [2.24, 2.45) is 0 Å². The van der Waals surface area contributed by atoms with Crippen molar-refractivity contribution in [3.05, 3.63) is 52.3 Å². The van der Waals surface area contributed by atoms with Gasteiger partial charge in [-0.05, 0) is 45.2 Å². The van der Waals surface area contributed by atoms with Gasteiger partial charge in [0.2, 0.25) is 5.16 Å². The number of H-pyrrole nitrogens is 2. The number of rotatable bonds is 7. The minimum absolute atomic E-state index is 0.0432. The number of hydrogen-bond acceptors (Lipinski definition) is 5. The number of Topliss-reactive ketones (excluding diaryl/α,β-unsaturated/α-hetero) is 2. The van der Waals surface area contributed by atoms with Gasteiger partial charge in [-0.15, -0.1) is 5.10 Å². The van der Waals surface area contributed by atoms with Crippen LogP contribution in [0.4, 0.5) is 0 Å². The Kier molecular flexibility index (Phi) is 5.84. The molecule has 3 aromatic rings. The first-order chi connectivity index (χ1) is 13.3. The molecule has 0 saturated carbocycles. The second-order valence-electron chi connectivity index (χ2n) is 6.82. The Hall–Kier alpha value is -2.67. The van der Waals surface area contributed by atoms with Crippen LogP contribution in [0.25, 0.3) is 11.4 Å². The molecule has 0 aliphatic carbocycles. The lowest BCUT2D eigenvalue weighted by atomic mass is 10.0. The van der Waals surface area contributed by atoms with Gasteiger partial charge in [-0.2, -0.15) is 0 Å². The van der Waals surface area contributed by atoms with Gasteiger partial charge in [-0.1, -0.05) is 43.0 Å². The molecule has 1 atom stereocenters. The number of ketones is 2. The zero-order chi connectivity index (χ0) is 20.4. The van der Waals surface area contributed by atoms with Gasteiger partial charge in [0.25, 0.3) is 0 Å². The molecule has 3 rings (SSSR count). The predicted octanol–water partition coefficient (Wildman–Crippen LogP) is 4.55. The molecule has 0 aliphatic rings. The third-order valence-electron chi connectivity index (χ3n) is 4.79. The maximum atomic E-state index is 12.9. The van der Waals surface area contributed by atoms with Crippen LogP contribution in [-0.2, 0) is 6.42 Å². The highest BCUT2D eigenvalue weighted by molar-refractivity contribution is 8.00. The molecule has 0 amide bonds. The van der Waals surface area contributed by atoms with Gasteiger partial charge >= 0.3 is 0 Å². The van der Waals surface area contributed by atoms with Crippen molar-refractivity contribution in [2.75, 3.05) is 0 Å². The van der Waals surface area contributed by atoms with Gasteiger partial charge in [0, 0.05) is 16.8 Å². The molecule has 0 unspecified atom stereocenters. The molecule has 1 aromatic carbocycles. The van der Waals surface area contributed by atoms with E-state index in [-0.39, 0.29) is 16.8 Å². The quantitative estimate of drug-likeness (QED) is 0.452. The lowest BCUT2D eigenvalue weighted by Crippen LogP contribution is -2.15. The van der Waals surface area contributed by atoms with Crippen molar-refractivity contribution < 1.29 is 9.59 Å². The van der Waals surface area contributed by atoms with Crippen LogP contribution in [-0.4, -0.2) is 37.0 Å². The van der Waals surface area contributed by atoms with Crippen LogP contribution in [0, 0.1) is 13.8 Å². The number of nitrogens with one attached hydrogen (secondary N) is 2. The molecule has 0 bridgehead atoms. The lowest BCUT2D eigenvalue weighted by Gasteiger charge is -2.07. The first-order valence-corrected chi connectivity index (χ1v) is 10.1. The molecule has 0 saturated heterocycles. The van der Waals surface area contributed by atoms with Crippen LogP contribution in [0.2, 0.25) is 0 Å². The number of aryl methyl sites for hydroxylation is 2. The van der Waals surface area contributed by atoms with E-state index in [1.165, 1.54) is 24.2 Å². The van der Waals surface area contributed by atoms with E-state index >= 15 is 0 Å². The first kappa shape index (κ1) is 20.1. The summed E-state index contributed by atoms with van der Waals surface area (Å²) in [6.07, 6.45) is 0.986. The molecular weight excluding hydrogens is 372 g/mol. The minimum Gasteiger partial charge on any atom is -0.355 e. The molecule has 2 heterocycles. The van der Waals surface area contributed by atoms with Gasteiger partial charge in [-0.25, -0.2) is 4.98 Å². The zero-order valence-electron chi connectivity index (χ0n) is 16.7. The fraction of sp³-hybridized carbons (Fsp3) is 0.333. The Morgan fingerprint density at radius 2 is 1.86 bits per heavy atom. The third kappa shape index (κ3) is 3.94. The summed E-state index contributed by atoms with van der Waals surface area (Å²) >= 11 is 1.29. The van der Waals surface area contributed by atoms with Crippen molar-refractivity contribution in [1.82, 2.24) is 20.2 Å². The van der Waals surface area contributed by atoms with Crippen LogP contribution in [0.5, 0.6) is 0 Å². The van der Waals surface area contributed by atoms with Gasteiger partial charge < -0.3 is 4.98 Å². The summed E-state index contributed by atoms with van der Waals surface area (Å²) in [5.41, 5.74) is 4.72. The van der Waals surface area contributed by atoms with Gasteiger partial charge in [-0.3, -0.25) is 14.7 Å². The number of carbonyl (C=O) groups is 2. The summed E-state index contributed by atoms with van der Waals surface area (Å²) in [4.78, 5) is 32.3. The highest BCUT2D eigenvalue weighted by Gasteiger charge is 2.25. The minimum atomic E-state index is -0.386. The van der Waals surface area contributed by atoms with Crippen molar-refractivity contribution in [1.29, 1.82) is 0 Å². The fourth-order valence-electron chi connectivity index (χ4n) is 3.27. The maximum Gasteiger partial charge on any atom is 0.209 e. The van der Waals surface area contributed by atoms with Crippen molar-refractivity contribution in [3.63, 3.8) is 0 Å². The summed E-state index contributed by atoms with van der Waals surface area (Å²) < 4.78 is 0. The molecule has 7 heteroatoms. The van der Waals surface area contributed by atoms with E-state index < -0.39 is 0 Å². The molecule has 28 heavy (non-hydrogen) atoms. The predicted molar refractivity (Wildman–Crippen MR) is 111 cm³/mol. The second-order valence-corrected chi connectivity index (χ2v) is 8.13. The van der Waals surface area contributed by atoms with Crippen molar-refractivity contribution >= 4 is 23.3 Å². The van der Waals surface area contributed by atoms with Crippen LogP contribution in [0.1, 0.15) is 58.4 Å². The molecule has 146 valence electrons. The molecule has 0 spiro atoms. The van der Waals surface area contributed by atoms with E-state index in [1.807, 2.05) is 26.0 Å². The number of carbonyl (C=O) groups excluding carboxylic acids is 2. The van der Waals surface area contributed by atoms with Gasteiger partial charge in [0.15, 0.2) is 17.4 Å². The number of thioether (sulfide) groups is 1. The normalized spacial score (nSPS) is 12.2. The van der Waals surface area contributed by atoms with Crippen molar-refractivity contribution in [3.8, 4) is 11.4 Å².